The molecule has 1 rings (SSSR count). The second-order valence-corrected chi connectivity index (χ2v) is 5.22. The zero-order valence-electron chi connectivity index (χ0n) is 12.4. The molecule has 5 heteroatoms. The van der Waals surface area contributed by atoms with E-state index in [1.807, 2.05) is 26.8 Å². The Bertz CT molecular complexity index is 378. The van der Waals surface area contributed by atoms with E-state index in [4.69, 9.17) is 5.73 Å². The van der Waals surface area contributed by atoms with Gasteiger partial charge in [0.15, 0.2) is 0 Å². The van der Waals surface area contributed by atoms with Crippen molar-refractivity contribution >= 4 is 11.8 Å². The zero-order valence-corrected chi connectivity index (χ0v) is 13.2. The van der Waals surface area contributed by atoms with E-state index in [-0.39, 0.29) is 16.7 Å². The Morgan fingerprint density at radius 3 is 2.25 bits per heavy atom. The SMILES string of the molecule is CC.CCc1cc(SC(F)(F)F)ccc1CCCCN. The third kappa shape index (κ3) is 7.80. The van der Waals surface area contributed by atoms with Gasteiger partial charge in [-0.25, -0.2) is 0 Å². The van der Waals surface area contributed by atoms with Gasteiger partial charge in [0.1, 0.15) is 0 Å². The van der Waals surface area contributed by atoms with Crippen LogP contribution in [0.2, 0.25) is 0 Å². The lowest BCUT2D eigenvalue weighted by molar-refractivity contribution is -0.0328. The molecule has 0 saturated carbocycles. The standard InChI is InChI=1S/C13H18F3NS.C2H6/c1-2-10-9-12(18-13(14,15)16)7-6-11(10)5-3-4-8-17;1-2/h6-7,9H,2-5,8,17H2,1H3;1-2H3. The molecule has 0 spiro atoms. The van der Waals surface area contributed by atoms with Gasteiger partial charge >= 0.3 is 5.51 Å². The van der Waals surface area contributed by atoms with Crippen LogP contribution in [0.15, 0.2) is 23.1 Å². The largest absolute Gasteiger partial charge is 0.446 e. The first-order chi connectivity index (χ1) is 9.46. The van der Waals surface area contributed by atoms with Crippen LogP contribution in [0.25, 0.3) is 0 Å². The summed E-state index contributed by atoms with van der Waals surface area (Å²) in [4.78, 5) is 0.266. The second kappa shape index (κ2) is 10.1. The Kier molecular flexibility index (Phi) is 9.76. The third-order valence-electron chi connectivity index (χ3n) is 2.69. The average Bonchev–Trinajstić information content (AvgIpc) is 2.41. The number of hydrogen-bond donors (Lipinski definition) is 1. The summed E-state index contributed by atoms with van der Waals surface area (Å²) in [5, 5.41) is 0. The first-order valence-corrected chi connectivity index (χ1v) is 7.85. The maximum absolute atomic E-state index is 12.3. The molecule has 1 nitrogen and oxygen atoms in total. The minimum absolute atomic E-state index is 0.0527. The lowest BCUT2D eigenvalue weighted by Crippen LogP contribution is -2.02. The number of nitrogens with two attached hydrogens (primary N) is 1. The molecule has 0 radical (unpaired) electrons. The van der Waals surface area contributed by atoms with Crippen molar-refractivity contribution in [1.29, 1.82) is 0 Å². The van der Waals surface area contributed by atoms with Gasteiger partial charge in [-0.15, -0.1) is 0 Å². The van der Waals surface area contributed by atoms with E-state index in [1.54, 1.807) is 12.1 Å². The van der Waals surface area contributed by atoms with Crippen molar-refractivity contribution in [3.63, 3.8) is 0 Å². The van der Waals surface area contributed by atoms with Gasteiger partial charge in [-0.2, -0.15) is 13.2 Å². The fraction of sp³-hybridized carbons (Fsp3) is 0.600. The summed E-state index contributed by atoms with van der Waals surface area (Å²) < 4.78 is 36.8. The number of aryl methyl sites for hydroxylation is 2. The van der Waals surface area contributed by atoms with Crippen molar-refractivity contribution in [2.75, 3.05) is 6.54 Å². The Hall–Kier alpha value is -0.680. The lowest BCUT2D eigenvalue weighted by atomic mass is 10.0. The number of alkyl halides is 3. The van der Waals surface area contributed by atoms with Crippen molar-refractivity contribution in [3.05, 3.63) is 29.3 Å². The number of rotatable bonds is 6. The highest BCUT2D eigenvalue weighted by Crippen LogP contribution is 2.37. The summed E-state index contributed by atoms with van der Waals surface area (Å²) in [6.45, 7) is 6.62. The second-order valence-electron chi connectivity index (χ2n) is 4.08. The fourth-order valence-electron chi connectivity index (χ4n) is 1.83. The molecule has 0 fully saturated rings. The number of thioether (sulfide) groups is 1. The molecule has 116 valence electrons. The molecule has 0 aliphatic rings. The monoisotopic (exact) mass is 307 g/mol. The highest BCUT2D eigenvalue weighted by atomic mass is 32.2. The van der Waals surface area contributed by atoms with Gasteiger partial charge in [-0.05, 0) is 67.2 Å². The smallest absolute Gasteiger partial charge is 0.330 e. The molecule has 0 aliphatic carbocycles. The van der Waals surface area contributed by atoms with Crippen LogP contribution in [0.3, 0.4) is 0 Å². The van der Waals surface area contributed by atoms with Crippen LogP contribution < -0.4 is 5.73 Å². The molecule has 20 heavy (non-hydrogen) atoms. The minimum Gasteiger partial charge on any atom is -0.330 e. The zero-order chi connectivity index (χ0) is 15.6. The van der Waals surface area contributed by atoms with Crippen LogP contribution in [0.4, 0.5) is 13.2 Å². The Morgan fingerprint density at radius 2 is 1.75 bits per heavy atom. The van der Waals surface area contributed by atoms with Crippen LogP contribution in [0.1, 0.15) is 44.7 Å². The third-order valence-corrected chi connectivity index (χ3v) is 3.41. The van der Waals surface area contributed by atoms with E-state index in [1.165, 1.54) is 0 Å². The summed E-state index contributed by atoms with van der Waals surface area (Å²) in [5.41, 5.74) is 3.35. The molecule has 2 N–H and O–H groups in total. The van der Waals surface area contributed by atoms with E-state index in [9.17, 15) is 13.2 Å². The van der Waals surface area contributed by atoms with Crippen molar-refractivity contribution in [1.82, 2.24) is 0 Å². The Labute approximate surface area is 124 Å². The summed E-state index contributed by atoms with van der Waals surface area (Å²) in [6, 6.07) is 5.01. The molecule has 1 aromatic carbocycles. The van der Waals surface area contributed by atoms with Crippen LogP contribution in [0.5, 0.6) is 0 Å². The molecular formula is C15H24F3NS. The summed E-state index contributed by atoms with van der Waals surface area (Å²) >= 11 is -0.0527. The van der Waals surface area contributed by atoms with E-state index in [2.05, 4.69) is 0 Å². The van der Waals surface area contributed by atoms with Crippen LogP contribution in [-0.2, 0) is 12.8 Å². The highest BCUT2D eigenvalue weighted by Gasteiger charge is 2.29. The minimum atomic E-state index is -4.22. The van der Waals surface area contributed by atoms with E-state index >= 15 is 0 Å². The van der Waals surface area contributed by atoms with Crippen molar-refractivity contribution < 1.29 is 13.2 Å². The van der Waals surface area contributed by atoms with Gasteiger partial charge in [-0.1, -0.05) is 26.8 Å². The molecule has 0 atom stereocenters. The molecule has 0 saturated heterocycles. The lowest BCUT2D eigenvalue weighted by Gasteiger charge is -2.11. The molecular weight excluding hydrogens is 283 g/mol. The van der Waals surface area contributed by atoms with Gasteiger partial charge in [0, 0.05) is 4.90 Å². The molecule has 1 aromatic rings. The predicted octanol–water partition coefficient (Wildman–Crippen LogP) is 5.17. The molecule has 0 unspecified atom stereocenters. The van der Waals surface area contributed by atoms with Gasteiger partial charge in [0.05, 0.1) is 0 Å². The summed E-state index contributed by atoms with van der Waals surface area (Å²) in [5.74, 6) is 0. The summed E-state index contributed by atoms with van der Waals surface area (Å²) in [7, 11) is 0. The van der Waals surface area contributed by atoms with E-state index in [0.29, 0.717) is 6.54 Å². The quantitative estimate of drug-likeness (QED) is 0.579. The van der Waals surface area contributed by atoms with E-state index in [0.717, 1.165) is 36.8 Å². The van der Waals surface area contributed by atoms with Gasteiger partial charge in [0.2, 0.25) is 0 Å². The predicted molar refractivity (Wildman–Crippen MR) is 81.1 cm³/mol. The molecule has 0 aromatic heterocycles. The Balaban J connectivity index is 0.00000172. The number of hydrogen-bond acceptors (Lipinski definition) is 2. The molecule has 0 bridgehead atoms. The summed E-state index contributed by atoms with van der Waals surface area (Å²) in [6.07, 6.45) is 3.57. The van der Waals surface area contributed by atoms with Crippen molar-refractivity contribution in [3.8, 4) is 0 Å². The fourth-order valence-corrected chi connectivity index (χ4v) is 2.44. The van der Waals surface area contributed by atoms with Crippen molar-refractivity contribution in [2.45, 2.75) is 56.9 Å². The van der Waals surface area contributed by atoms with Gasteiger partial charge in [-0.3, -0.25) is 0 Å². The number of halogens is 3. The first kappa shape index (κ1) is 19.3. The highest BCUT2D eigenvalue weighted by molar-refractivity contribution is 8.00. The number of unbranched alkanes of at least 4 members (excludes halogenated alkanes) is 1. The number of benzene rings is 1. The van der Waals surface area contributed by atoms with Crippen molar-refractivity contribution in [2.24, 2.45) is 5.73 Å². The average molecular weight is 307 g/mol. The topological polar surface area (TPSA) is 26.0 Å². The normalized spacial score (nSPS) is 10.9. The Morgan fingerprint density at radius 1 is 1.10 bits per heavy atom. The van der Waals surface area contributed by atoms with Gasteiger partial charge in [0.25, 0.3) is 0 Å². The molecule has 0 heterocycles. The van der Waals surface area contributed by atoms with Crippen LogP contribution in [-0.4, -0.2) is 12.1 Å². The van der Waals surface area contributed by atoms with Crippen LogP contribution in [0, 0.1) is 0 Å². The van der Waals surface area contributed by atoms with Crippen LogP contribution >= 0.6 is 11.8 Å². The maximum Gasteiger partial charge on any atom is 0.446 e. The molecule has 0 amide bonds. The maximum atomic E-state index is 12.3. The van der Waals surface area contributed by atoms with Gasteiger partial charge < -0.3 is 5.73 Å². The van der Waals surface area contributed by atoms with E-state index < -0.39 is 5.51 Å². The first-order valence-electron chi connectivity index (χ1n) is 7.04. The molecule has 0 aliphatic heterocycles.